The summed E-state index contributed by atoms with van der Waals surface area (Å²) in [7, 11) is 0. The molecule has 0 bridgehead atoms. The highest BCUT2D eigenvalue weighted by Crippen LogP contribution is 2.31. The van der Waals surface area contributed by atoms with Crippen LogP contribution in [0.1, 0.15) is 16.7 Å². The molecule has 0 saturated carbocycles. The molecule has 22 heavy (non-hydrogen) atoms. The molecule has 0 fully saturated rings. The van der Waals surface area contributed by atoms with Crippen molar-refractivity contribution in [3.05, 3.63) is 71.3 Å². The van der Waals surface area contributed by atoms with Crippen LogP contribution in [0.4, 0.5) is 13.2 Å². The van der Waals surface area contributed by atoms with Crippen molar-refractivity contribution in [2.24, 2.45) is 0 Å². The standard InChI is InChI=1S/C17H18F3NO/c18-17(19,20)16-9-5-4-8-14(16)11-21-15(12-22)10-13-6-2-1-3-7-13/h1-9,15,21-22H,10-12H2/p+1/t15-/m1/s1. The Bertz CT molecular complexity index is 584. The highest BCUT2D eigenvalue weighted by molar-refractivity contribution is 5.28. The van der Waals surface area contributed by atoms with Gasteiger partial charge in [0, 0.05) is 12.0 Å². The number of rotatable bonds is 6. The fourth-order valence-corrected chi connectivity index (χ4v) is 2.41. The average Bonchev–Trinajstić information content (AvgIpc) is 2.52. The number of aliphatic hydroxyl groups is 1. The molecule has 2 rings (SSSR count). The van der Waals surface area contributed by atoms with Gasteiger partial charge in [-0.3, -0.25) is 0 Å². The Morgan fingerprint density at radius 2 is 1.59 bits per heavy atom. The molecule has 0 heterocycles. The largest absolute Gasteiger partial charge is 0.416 e. The van der Waals surface area contributed by atoms with Gasteiger partial charge in [0.25, 0.3) is 0 Å². The molecule has 0 unspecified atom stereocenters. The number of alkyl halides is 3. The molecule has 118 valence electrons. The zero-order valence-electron chi connectivity index (χ0n) is 12.1. The normalized spacial score (nSPS) is 13.1. The van der Waals surface area contributed by atoms with Crippen molar-refractivity contribution in [1.82, 2.24) is 0 Å². The van der Waals surface area contributed by atoms with Gasteiger partial charge in [0.15, 0.2) is 0 Å². The first-order chi connectivity index (χ1) is 10.5. The van der Waals surface area contributed by atoms with Crippen molar-refractivity contribution in [3.8, 4) is 0 Å². The summed E-state index contributed by atoms with van der Waals surface area (Å²) in [6, 6.07) is 15.0. The SMILES string of the molecule is OC[C@@H](Cc1ccccc1)[NH2+]Cc1ccccc1C(F)(F)F. The van der Waals surface area contributed by atoms with Crippen LogP contribution in [0, 0.1) is 0 Å². The number of hydrogen-bond donors (Lipinski definition) is 2. The van der Waals surface area contributed by atoms with Crippen LogP contribution in [0.15, 0.2) is 54.6 Å². The molecule has 0 aliphatic heterocycles. The van der Waals surface area contributed by atoms with Gasteiger partial charge in [0.1, 0.15) is 12.6 Å². The first kappa shape index (κ1) is 16.5. The van der Waals surface area contributed by atoms with E-state index in [0.717, 1.165) is 11.6 Å². The van der Waals surface area contributed by atoms with Gasteiger partial charge in [0.05, 0.1) is 12.2 Å². The van der Waals surface area contributed by atoms with Gasteiger partial charge in [0.2, 0.25) is 0 Å². The fourth-order valence-electron chi connectivity index (χ4n) is 2.41. The first-order valence-electron chi connectivity index (χ1n) is 7.14. The molecule has 0 aliphatic carbocycles. The third-order valence-electron chi connectivity index (χ3n) is 3.57. The smallest absolute Gasteiger partial charge is 0.390 e. The summed E-state index contributed by atoms with van der Waals surface area (Å²) >= 11 is 0. The summed E-state index contributed by atoms with van der Waals surface area (Å²) in [6.07, 6.45) is -3.73. The second-order valence-electron chi connectivity index (χ2n) is 5.23. The Balaban J connectivity index is 2.02. The van der Waals surface area contributed by atoms with E-state index in [-0.39, 0.29) is 24.8 Å². The maximum atomic E-state index is 12.9. The van der Waals surface area contributed by atoms with Gasteiger partial charge < -0.3 is 10.4 Å². The summed E-state index contributed by atoms with van der Waals surface area (Å²) in [5.74, 6) is 0. The van der Waals surface area contributed by atoms with Crippen LogP contribution < -0.4 is 5.32 Å². The molecule has 1 atom stereocenters. The quantitative estimate of drug-likeness (QED) is 0.844. The molecule has 2 aromatic carbocycles. The number of benzene rings is 2. The fraction of sp³-hybridized carbons (Fsp3) is 0.294. The Kier molecular flexibility index (Phi) is 5.57. The highest BCUT2D eigenvalue weighted by atomic mass is 19.4. The van der Waals surface area contributed by atoms with Gasteiger partial charge in [-0.15, -0.1) is 0 Å². The van der Waals surface area contributed by atoms with Crippen LogP contribution in [0.2, 0.25) is 0 Å². The molecule has 5 heteroatoms. The third-order valence-corrected chi connectivity index (χ3v) is 3.57. The lowest BCUT2D eigenvalue weighted by atomic mass is 10.0. The van der Waals surface area contributed by atoms with Crippen LogP contribution in [0.25, 0.3) is 0 Å². The van der Waals surface area contributed by atoms with E-state index in [1.807, 2.05) is 30.3 Å². The lowest BCUT2D eigenvalue weighted by molar-refractivity contribution is -0.705. The molecule has 0 aliphatic rings. The summed E-state index contributed by atoms with van der Waals surface area (Å²) in [5.41, 5.74) is 0.686. The van der Waals surface area contributed by atoms with Gasteiger partial charge in [-0.05, 0) is 11.6 Å². The van der Waals surface area contributed by atoms with Crippen LogP contribution in [-0.4, -0.2) is 17.8 Å². The monoisotopic (exact) mass is 310 g/mol. The molecule has 3 N–H and O–H groups in total. The Hall–Kier alpha value is -1.85. The molecule has 2 aromatic rings. The Morgan fingerprint density at radius 3 is 2.23 bits per heavy atom. The molecular weight excluding hydrogens is 291 g/mol. The third kappa shape index (κ3) is 4.58. The van der Waals surface area contributed by atoms with Crippen LogP contribution in [0.3, 0.4) is 0 Å². The summed E-state index contributed by atoms with van der Waals surface area (Å²) < 4.78 is 38.8. The predicted molar refractivity (Wildman–Crippen MR) is 78.1 cm³/mol. The van der Waals surface area contributed by atoms with Gasteiger partial charge in [-0.1, -0.05) is 48.5 Å². The van der Waals surface area contributed by atoms with E-state index in [2.05, 4.69) is 0 Å². The van der Waals surface area contributed by atoms with Gasteiger partial charge in [-0.2, -0.15) is 13.2 Å². The van der Waals surface area contributed by atoms with E-state index in [9.17, 15) is 18.3 Å². The van der Waals surface area contributed by atoms with E-state index < -0.39 is 11.7 Å². The number of nitrogens with two attached hydrogens (primary N) is 1. The van der Waals surface area contributed by atoms with E-state index in [4.69, 9.17) is 0 Å². The maximum Gasteiger partial charge on any atom is 0.416 e. The number of aliphatic hydroxyl groups excluding tert-OH is 1. The predicted octanol–water partition coefficient (Wildman–Crippen LogP) is 2.37. The zero-order valence-corrected chi connectivity index (χ0v) is 12.1. The maximum absolute atomic E-state index is 12.9. The molecule has 0 aromatic heterocycles. The molecular formula is C17H19F3NO+. The molecule has 0 spiro atoms. The van der Waals surface area contributed by atoms with E-state index >= 15 is 0 Å². The Labute approximate surface area is 127 Å². The van der Waals surface area contributed by atoms with Crippen molar-refractivity contribution >= 4 is 0 Å². The molecule has 0 amide bonds. The van der Waals surface area contributed by atoms with E-state index in [1.165, 1.54) is 12.1 Å². The lowest BCUT2D eigenvalue weighted by Gasteiger charge is -2.16. The summed E-state index contributed by atoms with van der Waals surface area (Å²) in [6.45, 7) is 0.108. The van der Waals surface area contributed by atoms with Crippen LogP contribution in [0.5, 0.6) is 0 Å². The lowest BCUT2D eigenvalue weighted by Crippen LogP contribution is -2.90. The van der Waals surface area contributed by atoms with Gasteiger partial charge in [-0.25, -0.2) is 0 Å². The summed E-state index contributed by atoms with van der Waals surface area (Å²) in [5, 5.41) is 11.2. The number of hydrogen-bond acceptors (Lipinski definition) is 1. The molecule has 0 radical (unpaired) electrons. The Morgan fingerprint density at radius 1 is 0.955 bits per heavy atom. The van der Waals surface area contributed by atoms with Crippen molar-refractivity contribution < 1.29 is 23.6 Å². The van der Waals surface area contributed by atoms with Crippen molar-refractivity contribution in [2.45, 2.75) is 25.2 Å². The zero-order chi connectivity index (χ0) is 16.0. The number of quaternary nitrogens is 1. The first-order valence-corrected chi connectivity index (χ1v) is 7.14. The molecule has 2 nitrogen and oxygen atoms in total. The topological polar surface area (TPSA) is 36.8 Å². The minimum Gasteiger partial charge on any atom is -0.390 e. The summed E-state index contributed by atoms with van der Waals surface area (Å²) in [4.78, 5) is 0. The van der Waals surface area contributed by atoms with Crippen LogP contribution >= 0.6 is 0 Å². The minimum atomic E-state index is -4.35. The molecule has 0 saturated heterocycles. The van der Waals surface area contributed by atoms with Gasteiger partial charge >= 0.3 is 6.18 Å². The van der Waals surface area contributed by atoms with E-state index in [1.54, 1.807) is 11.4 Å². The highest BCUT2D eigenvalue weighted by Gasteiger charge is 2.33. The number of halogens is 3. The average molecular weight is 310 g/mol. The second-order valence-corrected chi connectivity index (χ2v) is 5.23. The van der Waals surface area contributed by atoms with E-state index in [0.29, 0.717) is 6.42 Å². The second kappa shape index (κ2) is 7.42. The minimum absolute atomic E-state index is 0.0803. The van der Waals surface area contributed by atoms with Crippen LogP contribution in [-0.2, 0) is 19.1 Å². The van der Waals surface area contributed by atoms with Crippen molar-refractivity contribution in [1.29, 1.82) is 0 Å². The van der Waals surface area contributed by atoms with Crippen molar-refractivity contribution in [2.75, 3.05) is 6.61 Å². The van der Waals surface area contributed by atoms with Crippen molar-refractivity contribution in [3.63, 3.8) is 0 Å².